The van der Waals surface area contributed by atoms with Crippen molar-refractivity contribution < 1.29 is 4.74 Å². The molecule has 0 radical (unpaired) electrons. The SMILES string of the molecule is COCCNCc1ccc(-n2cc(I)cn2)nc1. The Hall–Kier alpha value is -0.990. The van der Waals surface area contributed by atoms with Crippen molar-refractivity contribution in [2.45, 2.75) is 6.54 Å². The Kier molecular flexibility index (Phi) is 5.09. The van der Waals surface area contributed by atoms with Crippen LogP contribution in [0.2, 0.25) is 0 Å². The van der Waals surface area contributed by atoms with Gasteiger partial charge in [-0.2, -0.15) is 5.10 Å². The van der Waals surface area contributed by atoms with Crippen molar-refractivity contribution in [2.24, 2.45) is 0 Å². The van der Waals surface area contributed by atoms with E-state index < -0.39 is 0 Å². The van der Waals surface area contributed by atoms with Gasteiger partial charge in [0.15, 0.2) is 5.82 Å². The Balaban J connectivity index is 1.93. The van der Waals surface area contributed by atoms with E-state index in [1.54, 1.807) is 11.8 Å². The van der Waals surface area contributed by atoms with E-state index >= 15 is 0 Å². The van der Waals surface area contributed by atoms with Gasteiger partial charge in [0, 0.05) is 32.6 Å². The van der Waals surface area contributed by atoms with Crippen LogP contribution in [0.1, 0.15) is 5.56 Å². The molecule has 0 amide bonds. The van der Waals surface area contributed by atoms with E-state index in [1.165, 1.54) is 0 Å². The zero-order valence-corrected chi connectivity index (χ0v) is 12.3. The molecule has 0 aliphatic carbocycles. The van der Waals surface area contributed by atoms with Crippen LogP contribution in [0.5, 0.6) is 0 Å². The maximum atomic E-state index is 4.97. The van der Waals surface area contributed by atoms with Gasteiger partial charge in [0.1, 0.15) is 0 Å². The molecule has 6 heteroatoms. The minimum Gasteiger partial charge on any atom is -0.383 e. The lowest BCUT2D eigenvalue weighted by Crippen LogP contribution is -2.18. The summed E-state index contributed by atoms with van der Waals surface area (Å²) in [5, 5.41) is 7.49. The molecule has 2 aromatic heterocycles. The van der Waals surface area contributed by atoms with Gasteiger partial charge in [-0.1, -0.05) is 6.07 Å². The van der Waals surface area contributed by atoms with E-state index in [4.69, 9.17) is 4.74 Å². The molecule has 0 aromatic carbocycles. The summed E-state index contributed by atoms with van der Waals surface area (Å²) in [4.78, 5) is 4.39. The molecule has 2 aromatic rings. The molecule has 0 aliphatic rings. The maximum Gasteiger partial charge on any atom is 0.153 e. The molecular weight excluding hydrogens is 343 g/mol. The molecule has 18 heavy (non-hydrogen) atoms. The van der Waals surface area contributed by atoms with Crippen LogP contribution in [-0.2, 0) is 11.3 Å². The van der Waals surface area contributed by atoms with E-state index in [2.05, 4.69) is 44.1 Å². The van der Waals surface area contributed by atoms with Crippen LogP contribution in [-0.4, -0.2) is 35.0 Å². The second-order valence-corrected chi connectivity index (χ2v) is 5.04. The van der Waals surface area contributed by atoms with E-state index in [-0.39, 0.29) is 0 Å². The molecule has 0 atom stereocenters. The predicted octanol–water partition coefficient (Wildman–Crippen LogP) is 1.61. The Bertz CT molecular complexity index is 483. The lowest BCUT2D eigenvalue weighted by atomic mass is 10.3. The van der Waals surface area contributed by atoms with E-state index in [0.717, 1.165) is 34.6 Å². The summed E-state index contributed by atoms with van der Waals surface area (Å²) in [7, 11) is 1.70. The Morgan fingerprint density at radius 1 is 1.39 bits per heavy atom. The minimum atomic E-state index is 0.719. The third-order valence-electron chi connectivity index (χ3n) is 2.41. The van der Waals surface area contributed by atoms with Crippen LogP contribution in [0, 0.1) is 3.57 Å². The predicted molar refractivity (Wildman–Crippen MR) is 77.7 cm³/mol. The van der Waals surface area contributed by atoms with Crippen molar-refractivity contribution in [1.82, 2.24) is 20.1 Å². The van der Waals surface area contributed by atoms with Crippen LogP contribution in [0.15, 0.2) is 30.7 Å². The highest BCUT2D eigenvalue weighted by molar-refractivity contribution is 14.1. The fourth-order valence-corrected chi connectivity index (χ4v) is 1.88. The van der Waals surface area contributed by atoms with Gasteiger partial charge >= 0.3 is 0 Å². The van der Waals surface area contributed by atoms with Gasteiger partial charge in [-0.05, 0) is 34.2 Å². The molecule has 1 N–H and O–H groups in total. The second kappa shape index (κ2) is 6.81. The minimum absolute atomic E-state index is 0.719. The van der Waals surface area contributed by atoms with Crippen molar-refractivity contribution in [3.63, 3.8) is 0 Å². The number of aromatic nitrogens is 3. The molecular formula is C12H15IN4O. The normalized spacial score (nSPS) is 10.8. The summed E-state index contributed by atoms with van der Waals surface area (Å²) >= 11 is 2.23. The molecule has 0 bridgehead atoms. The molecule has 0 saturated heterocycles. The first-order valence-corrected chi connectivity index (χ1v) is 6.72. The summed E-state index contributed by atoms with van der Waals surface area (Å²) in [5.74, 6) is 0.832. The summed E-state index contributed by atoms with van der Waals surface area (Å²) in [5.41, 5.74) is 1.15. The van der Waals surface area contributed by atoms with Crippen LogP contribution in [0.3, 0.4) is 0 Å². The van der Waals surface area contributed by atoms with Crippen molar-refractivity contribution in [1.29, 1.82) is 0 Å². The molecule has 0 unspecified atom stereocenters. The molecule has 0 saturated carbocycles. The summed E-state index contributed by atoms with van der Waals surface area (Å²) < 4.78 is 7.83. The van der Waals surface area contributed by atoms with E-state index in [0.29, 0.717) is 0 Å². The third kappa shape index (κ3) is 3.76. The van der Waals surface area contributed by atoms with Crippen molar-refractivity contribution in [2.75, 3.05) is 20.3 Å². The smallest absolute Gasteiger partial charge is 0.153 e. The molecule has 0 aliphatic heterocycles. The second-order valence-electron chi connectivity index (χ2n) is 3.80. The highest BCUT2D eigenvalue weighted by Gasteiger charge is 2.00. The molecule has 2 rings (SSSR count). The number of methoxy groups -OCH3 is 1. The Morgan fingerprint density at radius 2 is 2.28 bits per heavy atom. The van der Waals surface area contributed by atoms with Crippen molar-refractivity contribution >= 4 is 22.6 Å². The highest BCUT2D eigenvalue weighted by Crippen LogP contribution is 2.08. The Labute approximate surface area is 120 Å². The van der Waals surface area contributed by atoms with Crippen molar-refractivity contribution in [3.05, 3.63) is 39.9 Å². The van der Waals surface area contributed by atoms with Gasteiger partial charge in [0.2, 0.25) is 0 Å². The maximum absolute atomic E-state index is 4.97. The largest absolute Gasteiger partial charge is 0.383 e. The van der Waals surface area contributed by atoms with Crippen LogP contribution < -0.4 is 5.32 Å². The Morgan fingerprint density at radius 3 is 2.89 bits per heavy atom. The summed E-state index contributed by atoms with van der Waals surface area (Å²) in [6.45, 7) is 2.36. The van der Waals surface area contributed by atoms with E-state index in [1.807, 2.05) is 24.7 Å². The molecule has 96 valence electrons. The van der Waals surface area contributed by atoms with Crippen LogP contribution >= 0.6 is 22.6 Å². The third-order valence-corrected chi connectivity index (χ3v) is 2.96. The first kappa shape index (κ1) is 13.4. The lowest BCUT2D eigenvalue weighted by molar-refractivity contribution is 0.199. The number of nitrogens with one attached hydrogen (secondary N) is 1. The lowest BCUT2D eigenvalue weighted by Gasteiger charge is -2.05. The molecule has 2 heterocycles. The quantitative estimate of drug-likeness (QED) is 0.630. The number of rotatable bonds is 6. The molecule has 5 nitrogen and oxygen atoms in total. The summed E-state index contributed by atoms with van der Waals surface area (Å²) in [6, 6.07) is 4.02. The topological polar surface area (TPSA) is 52.0 Å². The average molecular weight is 358 g/mol. The monoisotopic (exact) mass is 358 g/mol. The van der Waals surface area contributed by atoms with Gasteiger partial charge < -0.3 is 10.1 Å². The zero-order chi connectivity index (χ0) is 12.8. The first-order chi connectivity index (χ1) is 8.79. The fraction of sp³-hybridized carbons (Fsp3) is 0.333. The number of halogens is 1. The van der Waals surface area contributed by atoms with Gasteiger partial charge in [0.25, 0.3) is 0 Å². The van der Waals surface area contributed by atoms with Gasteiger partial charge in [0.05, 0.1) is 16.4 Å². The number of ether oxygens (including phenoxy) is 1. The van der Waals surface area contributed by atoms with Crippen LogP contribution in [0.4, 0.5) is 0 Å². The fourth-order valence-electron chi connectivity index (χ4n) is 1.49. The summed E-state index contributed by atoms with van der Waals surface area (Å²) in [6.07, 6.45) is 5.62. The number of hydrogen-bond donors (Lipinski definition) is 1. The first-order valence-electron chi connectivity index (χ1n) is 5.65. The van der Waals surface area contributed by atoms with E-state index in [9.17, 15) is 0 Å². The number of hydrogen-bond acceptors (Lipinski definition) is 4. The standard InChI is InChI=1S/C12H15IN4O/c1-18-5-4-14-6-10-2-3-12(15-7-10)17-9-11(13)8-16-17/h2-3,7-9,14H,4-6H2,1H3. The molecule has 0 fully saturated rings. The van der Waals surface area contributed by atoms with Gasteiger partial charge in [-0.15, -0.1) is 0 Å². The molecule has 0 spiro atoms. The number of nitrogens with zero attached hydrogens (tertiary/aromatic N) is 3. The van der Waals surface area contributed by atoms with Crippen LogP contribution in [0.25, 0.3) is 5.82 Å². The zero-order valence-electron chi connectivity index (χ0n) is 10.1. The average Bonchev–Trinajstić information content (AvgIpc) is 2.82. The number of pyridine rings is 1. The highest BCUT2D eigenvalue weighted by atomic mass is 127. The van der Waals surface area contributed by atoms with Gasteiger partial charge in [-0.25, -0.2) is 9.67 Å². The van der Waals surface area contributed by atoms with Gasteiger partial charge in [-0.3, -0.25) is 0 Å². The van der Waals surface area contributed by atoms with Crippen molar-refractivity contribution in [3.8, 4) is 5.82 Å².